The van der Waals surface area contributed by atoms with Crippen molar-refractivity contribution in [1.29, 1.82) is 0 Å². The molecule has 0 aliphatic rings. The van der Waals surface area contributed by atoms with Gasteiger partial charge in [-0.3, -0.25) is 4.79 Å². The minimum Gasteiger partial charge on any atom is -0.299 e. The maximum atomic E-state index is 11.6. The fraction of sp³-hybridized carbons (Fsp3) is 0.500. The van der Waals surface area contributed by atoms with Crippen molar-refractivity contribution in [2.75, 3.05) is 0 Å². The van der Waals surface area contributed by atoms with Gasteiger partial charge in [0.15, 0.2) is 0 Å². The summed E-state index contributed by atoms with van der Waals surface area (Å²) in [6.07, 6.45) is 4.73. The molecule has 1 rings (SSSR count). The fourth-order valence-corrected chi connectivity index (χ4v) is 1.68. The third-order valence-electron chi connectivity index (χ3n) is 2.71. The van der Waals surface area contributed by atoms with Crippen molar-refractivity contribution < 1.29 is 4.79 Å². The molecule has 0 heterocycles. The Kier molecular flexibility index (Phi) is 5.09. The fourth-order valence-electron chi connectivity index (χ4n) is 1.68. The number of hydrogen-bond acceptors (Lipinski definition) is 1. The summed E-state index contributed by atoms with van der Waals surface area (Å²) in [5.41, 5.74) is 2.40. The van der Waals surface area contributed by atoms with Crippen molar-refractivity contribution in [2.45, 2.75) is 46.0 Å². The average molecular weight is 204 g/mol. The second kappa shape index (κ2) is 6.39. The number of ketones is 1. The van der Waals surface area contributed by atoms with E-state index in [-0.39, 0.29) is 0 Å². The molecular formula is C14H20O. The first-order chi connectivity index (χ1) is 7.24. The van der Waals surface area contributed by atoms with Gasteiger partial charge in [0.1, 0.15) is 5.78 Å². The summed E-state index contributed by atoms with van der Waals surface area (Å²) in [6, 6.07) is 8.13. The van der Waals surface area contributed by atoms with Gasteiger partial charge >= 0.3 is 0 Å². The SMILES string of the molecule is CCCCCC(=O)Cc1ccccc1C. The molecule has 0 atom stereocenters. The van der Waals surface area contributed by atoms with Crippen LogP contribution in [0.2, 0.25) is 0 Å². The van der Waals surface area contributed by atoms with Gasteiger partial charge in [-0.2, -0.15) is 0 Å². The lowest BCUT2D eigenvalue weighted by Gasteiger charge is -2.04. The van der Waals surface area contributed by atoms with E-state index in [4.69, 9.17) is 0 Å². The van der Waals surface area contributed by atoms with Crippen LogP contribution in [0.15, 0.2) is 24.3 Å². The molecule has 0 N–H and O–H groups in total. The third kappa shape index (κ3) is 4.28. The number of carbonyl (C=O) groups excluding carboxylic acids is 1. The number of unbranched alkanes of at least 4 members (excludes halogenated alkanes) is 2. The van der Waals surface area contributed by atoms with Crippen LogP contribution in [0.3, 0.4) is 0 Å². The quantitative estimate of drug-likeness (QED) is 0.646. The van der Waals surface area contributed by atoms with E-state index < -0.39 is 0 Å². The van der Waals surface area contributed by atoms with Crippen LogP contribution in [0.5, 0.6) is 0 Å². The number of aryl methyl sites for hydroxylation is 1. The Hall–Kier alpha value is -1.11. The largest absolute Gasteiger partial charge is 0.299 e. The number of Topliss-reactive ketones (excluding diaryl/α,β-unsaturated/α-hetero) is 1. The van der Waals surface area contributed by atoms with E-state index in [1.54, 1.807) is 0 Å². The lowest BCUT2D eigenvalue weighted by atomic mass is 10.0. The highest BCUT2D eigenvalue weighted by Crippen LogP contribution is 2.10. The van der Waals surface area contributed by atoms with E-state index in [9.17, 15) is 4.79 Å². The summed E-state index contributed by atoms with van der Waals surface area (Å²) in [5.74, 6) is 0.373. The molecule has 0 aliphatic heterocycles. The second-order valence-corrected chi connectivity index (χ2v) is 4.10. The van der Waals surface area contributed by atoms with Crippen molar-refractivity contribution in [3.8, 4) is 0 Å². The Bertz CT molecular complexity index is 315. The highest BCUT2D eigenvalue weighted by Gasteiger charge is 2.04. The van der Waals surface area contributed by atoms with Crippen molar-refractivity contribution >= 4 is 5.78 Å². The van der Waals surface area contributed by atoms with Crippen LogP contribution in [0.1, 0.15) is 43.7 Å². The van der Waals surface area contributed by atoms with E-state index in [0.29, 0.717) is 12.2 Å². The van der Waals surface area contributed by atoms with Crippen LogP contribution in [0.25, 0.3) is 0 Å². The Morgan fingerprint density at radius 2 is 1.93 bits per heavy atom. The van der Waals surface area contributed by atoms with Crippen LogP contribution in [-0.2, 0) is 11.2 Å². The van der Waals surface area contributed by atoms with Crippen LogP contribution < -0.4 is 0 Å². The van der Waals surface area contributed by atoms with Crippen molar-refractivity contribution in [3.05, 3.63) is 35.4 Å². The molecular weight excluding hydrogens is 184 g/mol. The van der Waals surface area contributed by atoms with E-state index in [1.165, 1.54) is 24.0 Å². The van der Waals surface area contributed by atoms with Crippen LogP contribution in [0, 0.1) is 6.92 Å². The Balaban J connectivity index is 2.41. The van der Waals surface area contributed by atoms with Gasteiger partial charge < -0.3 is 0 Å². The molecule has 82 valence electrons. The van der Waals surface area contributed by atoms with E-state index in [0.717, 1.165) is 12.8 Å². The second-order valence-electron chi connectivity index (χ2n) is 4.10. The summed E-state index contributed by atoms with van der Waals surface area (Å²) < 4.78 is 0. The summed E-state index contributed by atoms with van der Waals surface area (Å²) in [6.45, 7) is 4.22. The Labute approximate surface area is 92.5 Å². The van der Waals surface area contributed by atoms with Gasteiger partial charge in [-0.1, -0.05) is 44.0 Å². The minimum absolute atomic E-state index is 0.373. The van der Waals surface area contributed by atoms with Crippen LogP contribution in [-0.4, -0.2) is 5.78 Å². The highest BCUT2D eigenvalue weighted by molar-refractivity contribution is 5.81. The molecule has 1 aromatic carbocycles. The van der Waals surface area contributed by atoms with E-state index in [2.05, 4.69) is 19.9 Å². The number of carbonyl (C=O) groups is 1. The monoisotopic (exact) mass is 204 g/mol. The van der Waals surface area contributed by atoms with Gasteiger partial charge in [-0.05, 0) is 24.5 Å². The number of rotatable bonds is 6. The summed E-state index contributed by atoms with van der Waals surface area (Å²) in [5, 5.41) is 0. The summed E-state index contributed by atoms with van der Waals surface area (Å²) in [4.78, 5) is 11.6. The molecule has 15 heavy (non-hydrogen) atoms. The van der Waals surface area contributed by atoms with Gasteiger partial charge in [-0.25, -0.2) is 0 Å². The molecule has 0 saturated carbocycles. The van der Waals surface area contributed by atoms with Crippen molar-refractivity contribution in [1.82, 2.24) is 0 Å². The molecule has 0 radical (unpaired) electrons. The molecule has 0 fully saturated rings. The molecule has 0 bridgehead atoms. The molecule has 1 heteroatoms. The number of hydrogen-bond donors (Lipinski definition) is 0. The van der Waals surface area contributed by atoms with Crippen molar-refractivity contribution in [2.24, 2.45) is 0 Å². The standard InChI is InChI=1S/C14H20O/c1-3-4-5-10-14(15)11-13-9-7-6-8-12(13)2/h6-9H,3-5,10-11H2,1-2H3. The number of benzene rings is 1. The van der Waals surface area contributed by atoms with E-state index >= 15 is 0 Å². The zero-order valence-corrected chi connectivity index (χ0v) is 9.75. The molecule has 0 aliphatic carbocycles. The van der Waals surface area contributed by atoms with Gasteiger partial charge in [0, 0.05) is 12.8 Å². The van der Waals surface area contributed by atoms with Crippen molar-refractivity contribution in [3.63, 3.8) is 0 Å². The lowest BCUT2D eigenvalue weighted by molar-refractivity contribution is -0.118. The van der Waals surface area contributed by atoms with E-state index in [1.807, 2.05) is 18.2 Å². The molecule has 1 aromatic rings. The summed E-state index contributed by atoms with van der Waals surface area (Å²) in [7, 11) is 0. The van der Waals surface area contributed by atoms with Crippen LogP contribution >= 0.6 is 0 Å². The summed E-state index contributed by atoms with van der Waals surface area (Å²) >= 11 is 0. The third-order valence-corrected chi connectivity index (χ3v) is 2.71. The molecule has 0 amide bonds. The first-order valence-corrected chi connectivity index (χ1v) is 5.80. The Morgan fingerprint density at radius 3 is 2.60 bits per heavy atom. The Morgan fingerprint density at radius 1 is 1.20 bits per heavy atom. The zero-order valence-electron chi connectivity index (χ0n) is 9.75. The topological polar surface area (TPSA) is 17.1 Å². The normalized spacial score (nSPS) is 10.3. The lowest BCUT2D eigenvalue weighted by Crippen LogP contribution is -2.03. The van der Waals surface area contributed by atoms with Gasteiger partial charge in [0.25, 0.3) is 0 Å². The minimum atomic E-state index is 0.373. The molecule has 1 nitrogen and oxygen atoms in total. The molecule has 0 spiro atoms. The van der Waals surface area contributed by atoms with Gasteiger partial charge in [0.2, 0.25) is 0 Å². The first-order valence-electron chi connectivity index (χ1n) is 5.80. The smallest absolute Gasteiger partial charge is 0.137 e. The highest BCUT2D eigenvalue weighted by atomic mass is 16.1. The zero-order chi connectivity index (χ0) is 11.1. The van der Waals surface area contributed by atoms with Gasteiger partial charge in [-0.15, -0.1) is 0 Å². The molecule has 0 saturated heterocycles. The average Bonchev–Trinajstić information content (AvgIpc) is 2.22. The molecule has 0 aromatic heterocycles. The first kappa shape index (κ1) is 12.0. The molecule has 0 unspecified atom stereocenters. The van der Waals surface area contributed by atoms with Crippen LogP contribution in [0.4, 0.5) is 0 Å². The van der Waals surface area contributed by atoms with Gasteiger partial charge in [0.05, 0.1) is 0 Å². The predicted molar refractivity (Wildman–Crippen MR) is 64.0 cm³/mol. The maximum absolute atomic E-state index is 11.6. The maximum Gasteiger partial charge on any atom is 0.137 e. The predicted octanol–water partition coefficient (Wildman–Crippen LogP) is 3.69.